The van der Waals surface area contributed by atoms with Crippen molar-refractivity contribution in [2.24, 2.45) is 11.7 Å². The summed E-state index contributed by atoms with van der Waals surface area (Å²) < 4.78 is 0. The van der Waals surface area contributed by atoms with Crippen molar-refractivity contribution in [2.45, 2.75) is 57.3 Å². The molecule has 33 heavy (non-hydrogen) atoms. The number of imidazole rings is 1. The van der Waals surface area contributed by atoms with E-state index in [-0.39, 0.29) is 24.5 Å². The van der Waals surface area contributed by atoms with Gasteiger partial charge in [0.25, 0.3) is 0 Å². The van der Waals surface area contributed by atoms with E-state index in [2.05, 4.69) is 38.5 Å². The highest BCUT2D eigenvalue weighted by Crippen LogP contribution is 2.06. The number of carboxylic acids is 2. The summed E-state index contributed by atoms with van der Waals surface area (Å²) in [5, 5.41) is 25.1. The number of hydrogen-bond donors (Lipinski definition) is 8. The number of carbonyl (C=O) groups is 5. The number of thiol groups is 1. The predicted molar refractivity (Wildman–Crippen MR) is 119 cm³/mol. The fourth-order valence-corrected chi connectivity index (χ4v) is 3.03. The maximum atomic E-state index is 12.8. The zero-order valence-electron chi connectivity index (χ0n) is 18.3. The molecule has 8 N–H and O–H groups in total. The van der Waals surface area contributed by atoms with E-state index in [9.17, 15) is 29.1 Å². The standard InChI is InChI=1S/C19H30N6O7S/c1-9(2)15(25-16(28)11(20)5-10-6-21-8-22-10)18(30)24-13(7-33)17(29)23-12(19(31)32)3-4-14(26)27/h6,8-9,11-13,15,33H,3-5,7,20H2,1-2H3,(H,21,22)(H,23,29)(H,24,30)(H,25,28)(H,26,27)(H,31,32). The van der Waals surface area contributed by atoms with Gasteiger partial charge < -0.3 is 36.9 Å². The van der Waals surface area contributed by atoms with Crippen LogP contribution in [0.4, 0.5) is 0 Å². The summed E-state index contributed by atoms with van der Waals surface area (Å²) in [4.78, 5) is 66.4. The van der Waals surface area contributed by atoms with Crippen LogP contribution in [-0.2, 0) is 30.4 Å². The van der Waals surface area contributed by atoms with Crippen LogP contribution in [0.5, 0.6) is 0 Å². The highest BCUT2D eigenvalue weighted by molar-refractivity contribution is 7.80. The van der Waals surface area contributed by atoms with Gasteiger partial charge in [-0.25, -0.2) is 9.78 Å². The maximum absolute atomic E-state index is 12.8. The van der Waals surface area contributed by atoms with Gasteiger partial charge in [-0.05, 0) is 12.3 Å². The van der Waals surface area contributed by atoms with Gasteiger partial charge in [-0.15, -0.1) is 0 Å². The molecule has 0 fully saturated rings. The third-order valence-electron chi connectivity index (χ3n) is 4.66. The second-order valence-electron chi connectivity index (χ2n) is 7.69. The van der Waals surface area contributed by atoms with Crippen LogP contribution in [0.15, 0.2) is 12.5 Å². The Morgan fingerprint density at radius 1 is 1.06 bits per heavy atom. The van der Waals surface area contributed by atoms with E-state index in [1.54, 1.807) is 13.8 Å². The van der Waals surface area contributed by atoms with Crippen molar-refractivity contribution in [3.8, 4) is 0 Å². The number of nitrogens with two attached hydrogens (primary N) is 1. The van der Waals surface area contributed by atoms with Crippen LogP contribution in [0.25, 0.3) is 0 Å². The summed E-state index contributed by atoms with van der Waals surface area (Å²) >= 11 is 4.03. The molecule has 1 aromatic rings. The lowest BCUT2D eigenvalue weighted by Gasteiger charge is -2.26. The first kappa shape index (κ1) is 27.9. The molecule has 0 saturated carbocycles. The Morgan fingerprint density at radius 3 is 2.18 bits per heavy atom. The number of rotatable bonds is 14. The second kappa shape index (κ2) is 13.4. The molecule has 4 atom stereocenters. The van der Waals surface area contributed by atoms with Gasteiger partial charge in [-0.3, -0.25) is 19.2 Å². The van der Waals surface area contributed by atoms with Crippen LogP contribution in [0, 0.1) is 5.92 Å². The van der Waals surface area contributed by atoms with E-state index >= 15 is 0 Å². The molecular formula is C19H30N6O7S. The van der Waals surface area contributed by atoms with E-state index in [0.29, 0.717) is 5.69 Å². The topological polar surface area (TPSA) is 217 Å². The number of carboxylic acid groups (broad SMARTS) is 2. The molecule has 0 saturated heterocycles. The third kappa shape index (κ3) is 9.49. The minimum Gasteiger partial charge on any atom is -0.481 e. The van der Waals surface area contributed by atoms with Gasteiger partial charge in [0.2, 0.25) is 17.7 Å². The highest BCUT2D eigenvalue weighted by Gasteiger charge is 2.31. The Bertz CT molecular complexity index is 833. The van der Waals surface area contributed by atoms with Crippen LogP contribution in [0.2, 0.25) is 0 Å². The summed E-state index contributed by atoms with van der Waals surface area (Å²) in [6, 6.07) is -4.64. The molecule has 3 amide bonds. The fraction of sp³-hybridized carbons (Fsp3) is 0.579. The van der Waals surface area contributed by atoms with E-state index in [1.165, 1.54) is 12.5 Å². The Labute approximate surface area is 195 Å². The molecule has 0 aromatic carbocycles. The molecule has 0 aliphatic heterocycles. The molecule has 0 bridgehead atoms. The number of aliphatic carboxylic acids is 2. The van der Waals surface area contributed by atoms with Crippen molar-refractivity contribution in [3.63, 3.8) is 0 Å². The largest absolute Gasteiger partial charge is 0.481 e. The monoisotopic (exact) mass is 486 g/mol. The molecule has 0 aliphatic rings. The van der Waals surface area contributed by atoms with Crippen molar-refractivity contribution in [1.82, 2.24) is 25.9 Å². The Hall–Kier alpha value is -3.13. The van der Waals surface area contributed by atoms with Crippen molar-refractivity contribution in [3.05, 3.63) is 18.2 Å². The van der Waals surface area contributed by atoms with Gasteiger partial charge >= 0.3 is 11.9 Å². The first-order chi connectivity index (χ1) is 15.5. The average molecular weight is 487 g/mol. The minimum atomic E-state index is -1.45. The number of nitrogens with one attached hydrogen (secondary N) is 4. The normalized spacial score (nSPS) is 14.6. The molecule has 14 heteroatoms. The molecule has 0 aliphatic carbocycles. The van der Waals surface area contributed by atoms with Gasteiger partial charge in [0.1, 0.15) is 18.1 Å². The highest BCUT2D eigenvalue weighted by atomic mass is 32.1. The number of hydrogen-bond acceptors (Lipinski definition) is 8. The number of carbonyl (C=O) groups excluding carboxylic acids is 3. The number of H-pyrrole nitrogens is 1. The zero-order valence-corrected chi connectivity index (χ0v) is 19.2. The van der Waals surface area contributed by atoms with Gasteiger partial charge in [-0.2, -0.15) is 12.6 Å². The van der Waals surface area contributed by atoms with Crippen molar-refractivity contribution >= 4 is 42.3 Å². The Morgan fingerprint density at radius 2 is 1.70 bits per heavy atom. The SMILES string of the molecule is CC(C)C(NC(=O)C(N)Cc1cnc[nH]1)C(=O)NC(CS)C(=O)NC(CCC(=O)O)C(=O)O. The first-order valence-corrected chi connectivity index (χ1v) is 10.8. The fourth-order valence-electron chi connectivity index (χ4n) is 2.77. The van der Waals surface area contributed by atoms with E-state index in [1.807, 2.05) is 0 Å². The van der Waals surface area contributed by atoms with Gasteiger partial charge in [0.15, 0.2) is 0 Å². The van der Waals surface area contributed by atoms with E-state index < -0.39 is 60.2 Å². The van der Waals surface area contributed by atoms with Crippen LogP contribution < -0.4 is 21.7 Å². The molecule has 0 spiro atoms. The molecule has 1 aromatic heterocycles. The van der Waals surface area contributed by atoms with Crippen LogP contribution in [-0.4, -0.2) is 79.8 Å². The smallest absolute Gasteiger partial charge is 0.326 e. The predicted octanol–water partition coefficient (Wildman–Crippen LogP) is -1.73. The van der Waals surface area contributed by atoms with Crippen LogP contribution in [0.3, 0.4) is 0 Å². The lowest BCUT2D eigenvalue weighted by atomic mass is 10.0. The quantitative estimate of drug-likeness (QED) is 0.140. The second-order valence-corrected chi connectivity index (χ2v) is 8.06. The number of nitrogens with zero attached hydrogens (tertiary/aromatic N) is 1. The molecular weight excluding hydrogens is 456 g/mol. The Kier molecular flexibility index (Phi) is 11.4. The minimum absolute atomic E-state index is 0.166. The Balaban J connectivity index is 2.77. The van der Waals surface area contributed by atoms with Crippen LogP contribution >= 0.6 is 12.6 Å². The van der Waals surface area contributed by atoms with Gasteiger partial charge in [-0.1, -0.05) is 13.8 Å². The zero-order chi connectivity index (χ0) is 25.1. The molecule has 184 valence electrons. The molecule has 1 heterocycles. The first-order valence-electron chi connectivity index (χ1n) is 10.2. The molecule has 13 nitrogen and oxygen atoms in total. The summed E-state index contributed by atoms with van der Waals surface area (Å²) in [5.41, 5.74) is 6.54. The molecule has 1 rings (SSSR count). The maximum Gasteiger partial charge on any atom is 0.326 e. The molecule has 0 radical (unpaired) electrons. The summed E-state index contributed by atoms with van der Waals surface area (Å²) in [7, 11) is 0. The summed E-state index contributed by atoms with van der Waals surface area (Å²) in [6.45, 7) is 3.38. The third-order valence-corrected chi connectivity index (χ3v) is 5.02. The number of aromatic amines is 1. The van der Waals surface area contributed by atoms with Gasteiger partial charge in [0.05, 0.1) is 12.4 Å². The average Bonchev–Trinajstić information content (AvgIpc) is 3.24. The number of amides is 3. The van der Waals surface area contributed by atoms with Crippen molar-refractivity contribution in [2.75, 3.05) is 5.75 Å². The lowest BCUT2D eigenvalue weighted by molar-refractivity contribution is -0.143. The number of aromatic nitrogens is 2. The summed E-state index contributed by atoms with van der Waals surface area (Å²) in [6.07, 6.45) is 2.35. The van der Waals surface area contributed by atoms with Crippen molar-refractivity contribution in [1.29, 1.82) is 0 Å². The lowest BCUT2D eigenvalue weighted by Crippen LogP contribution is -2.59. The van der Waals surface area contributed by atoms with Gasteiger partial charge in [0, 0.05) is 30.5 Å². The summed E-state index contributed by atoms with van der Waals surface area (Å²) in [5.74, 6) is -5.26. The van der Waals surface area contributed by atoms with Crippen LogP contribution in [0.1, 0.15) is 32.4 Å². The molecule has 4 unspecified atom stereocenters. The van der Waals surface area contributed by atoms with Crippen molar-refractivity contribution < 1.29 is 34.2 Å². The van der Waals surface area contributed by atoms with E-state index in [4.69, 9.17) is 10.8 Å². The van der Waals surface area contributed by atoms with E-state index in [0.717, 1.165) is 0 Å².